The first-order valence-electron chi connectivity index (χ1n) is 4.53. The number of amidine groups is 1. The molecule has 0 radical (unpaired) electrons. The Labute approximate surface area is 103 Å². The minimum Gasteiger partial charge on any atom is -0.409 e. The third-order valence-corrected chi connectivity index (χ3v) is 2.35. The summed E-state index contributed by atoms with van der Waals surface area (Å²) in [5.74, 6) is -0.392. The Morgan fingerprint density at radius 2 is 2.12 bits per heavy atom. The van der Waals surface area contributed by atoms with Gasteiger partial charge >= 0.3 is 0 Å². The smallest absolute Gasteiger partial charge is 0.226 e. The van der Waals surface area contributed by atoms with Crippen molar-refractivity contribution in [3.8, 4) is 6.07 Å². The van der Waals surface area contributed by atoms with E-state index in [1.54, 1.807) is 6.07 Å². The minimum absolute atomic E-state index is 0.285. The number of oxime groups is 2. The Morgan fingerprint density at radius 3 is 2.65 bits per heavy atom. The van der Waals surface area contributed by atoms with Crippen molar-refractivity contribution in [1.82, 2.24) is 0 Å². The van der Waals surface area contributed by atoms with Gasteiger partial charge in [0, 0.05) is 0 Å². The Kier molecular flexibility index (Phi) is 4.84. The maximum atomic E-state index is 8.62. The van der Waals surface area contributed by atoms with Gasteiger partial charge < -0.3 is 15.2 Å². The van der Waals surface area contributed by atoms with Gasteiger partial charge in [-0.1, -0.05) is 28.0 Å². The topological polar surface area (TPSA) is 104 Å². The molecule has 0 aliphatic carbocycles. The van der Waals surface area contributed by atoms with Crippen molar-refractivity contribution >= 4 is 23.6 Å². The van der Waals surface area contributed by atoms with Gasteiger partial charge in [-0.05, 0) is 19.1 Å². The number of nitrogens with zero attached hydrogens (tertiary/aromatic N) is 3. The summed E-state index contributed by atoms with van der Waals surface area (Å²) >= 11 is 0.970. The molecule has 0 saturated carbocycles. The van der Waals surface area contributed by atoms with Gasteiger partial charge in [-0.25, -0.2) is 0 Å². The first-order chi connectivity index (χ1) is 8.17. The van der Waals surface area contributed by atoms with Crippen molar-refractivity contribution in [3.05, 3.63) is 29.8 Å². The van der Waals surface area contributed by atoms with Gasteiger partial charge in [0.25, 0.3) is 0 Å². The third kappa shape index (κ3) is 4.04. The lowest BCUT2D eigenvalue weighted by Gasteiger charge is -1.98. The molecule has 1 aromatic carbocycles. The molecule has 0 aromatic heterocycles. The number of rotatable bonds is 4. The van der Waals surface area contributed by atoms with Crippen LogP contribution in [0.4, 0.5) is 0 Å². The lowest BCUT2D eigenvalue weighted by Crippen LogP contribution is -2.22. The fourth-order valence-electron chi connectivity index (χ4n) is 0.865. The van der Waals surface area contributed by atoms with Gasteiger partial charge in [0.2, 0.25) is 11.5 Å². The van der Waals surface area contributed by atoms with Crippen molar-refractivity contribution in [2.45, 2.75) is 11.8 Å². The molecule has 7 heteroatoms. The molecule has 0 spiro atoms. The molecule has 17 heavy (non-hydrogen) atoms. The molecule has 0 heterocycles. The van der Waals surface area contributed by atoms with Crippen LogP contribution >= 0.6 is 12.0 Å². The molecule has 0 unspecified atom stereocenters. The van der Waals surface area contributed by atoms with Crippen LogP contribution in [0.25, 0.3) is 0 Å². The summed E-state index contributed by atoms with van der Waals surface area (Å²) in [6.45, 7) is 1.97. The lowest BCUT2D eigenvalue weighted by molar-refractivity contribution is 0.319. The third-order valence-electron chi connectivity index (χ3n) is 1.74. The highest BCUT2D eigenvalue weighted by Gasteiger charge is 2.05. The van der Waals surface area contributed by atoms with Crippen LogP contribution in [0.5, 0.6) is 0 Å². The molecular weight excluding hydrogens is 240 g/mol. The number of hydrogen-bond donors (Lipinski definition) is 2. The minimum atomic E-state index is -0.392. The monoisotopic (exact) mass is 250 g/mol. The molecular formula is C10H10N4O2S. The van der Waals surface area contributed by atoms with E-state index in [0.29, 0.717) is 0 Å². The van der Waals surface area contributed by atoms with Gasteiger partial charge in [-0.3, -0.25) is 0 Å². The van der Waals surface area contributed by atoms with Crippen molar-refractivity contribution in [3.63, 3.8) is 0 Å². The molecule has 0 atom stereocenters. The van der Waals surface area contributed by atoms with Crippen LogP contribution in [0.15, 0.2) is 39.5 Å². The van der Waals surface area contributed by atoms with Gasteiger partial charge in [0.15, 0.2) is 0 Å². The number of benzene rings is 1. The van der Waals surface area contributed by atoms with E-state index in [9.17, 15) is 0 Å². The van der Waals surface area contributed by atoms with Crippen LogP contribution < -0.4 is 5.73 Å². The molecule has 0 aliphatic heterocycles. The molecule has 0 bridgehead atoms. The van der Waals surface area contributed by atoms with E-state index in [0.717, 1.165) is 22.5 Å². The highest BCUT2D eigenvalue weighted by Crippen LogP contribution is 2.19. The van der Waals surface area contributed by atoms with E-state index >= 15 is 0 Å². The van der Waals surface area contributed by atoms with E-state index in [1.165, 1.54) is 0 Å². The van der Waals surface area contributed by atoms with Crippen molar-refractivity contribution in [2.75, 3.05) is 0 Å². The normalized spacial score (nSPS) is 12.0. The van der Waals surface area contributed by atoms with Crippen LogP contribution in [0.2, 0.25) is 0 Å². The summed E-state index contributed by atoms with van der Waals surface area (Å²) in [5, 5.41) is 23.1. The number of aryl methyl sites for hydroxylation is 1. The van der Waals surface area contributed by atoms with Crippen LogP contribution in [-0.4, -0.2) is 16.8 Å². The molecule has 0 amide bonds. The molecule has 0 saturated heterocycles. The molecule has 88 valence electrons. The van der Waals surface area contributed by atoms with E-state index in [4.69, 9.17) is 20.5 Å². The predicted octanol–water partition coefficient (Wildman–Crippen LogP) is 1.64. The molecule has 3 N–H and O–H groups in total. The summed E-state index contributed by atoms with van der Waals surface area (Å²) in [7, 11) is 0. The van der Waals surface area contributed by atoms with Crippen LogP contribution in [-0.2, 0) is 4.28 Å². The predicted molar refractivity (Wildman–Crippen MR) is 64.6 cm³/mol. The van der Waals surface area contributed by atoms with Crippen LogP contribution in [0.1, 0.15) is 5.56 Å². The van der Waals surface area contributed by atoms with Gasteiger partial charge in [0.1, 0.15) is 18.1 Å². The molecule has 0 fully saturated rings. The zero-order valence-corrected chi connectivity index (χ0v) is 9.81. The van der Waals surface area contributed by atoms with Crippen molar-refractivity contribution in [1.29, 1.82) is 5.26 Å². The lowest BCUT2D eigenvalue weighted by atomic mass is 10.2. The Hall–Kier alpha value is -2.20. The second-order valence-electron chi connectivity index (χ2n) is 3.01. The fraction of sp³-hybridized carbons (Fsp3) is 0.100. The maximum absolute atomic E-state index is 8.62. The molecule has 1 rings (SSSR count). The summed E-state index contributed by atoms with van der Waals surface area (Å²) in [5.41, 5.74) is 6.03. The number of nitriles is 1. The Balaban J connectivity index is 2.60. The van der Waals surface area contributed by atoms with E-state index < -0.39 is 5.84 Å². The largest absolute Gasteiger partial charge is 0.409 e. The quantitative estimate of drug-likeness (QED) is 0.278. The zero-order chi connectivity index (χ0) is 12.7. The highest BCUT2D eigenvalue weighted by molar-refractivity contribution is 7.94. The number of hydrogen-bond acceptors (Lipinski definition) is 6. The SMILES string of the molecule is Cc1ccc(SO/N=C(C#N)/C(N)=N/O)cc1. The average molecular weight is 250 g/mol. The Morgan fingerprint density at radius 1 is 1.47 bits per heavy atom. The van der Waals surface area contributed by atoms with Crippen molar-refractivity contribution in [2.24, 2.45) is 16.0 Å². The summed E-state index contributed by atoms with van der Waals surface area (Å²) < 4.78 is 4.85. The summed E-state index contributed by atoms with van der Waals surface area (Å²) in [6, 6.07) is 9.19. The maximum Gasteiger partial charge on any atom is 0.226 e. The van der Waals surface area contributed by atoms with E-state index in [-0.39, 0.29) is 5.71 Å². The van der Waals surface area contributed by atoms with E-state index in [1.807, 2.05) is 31.2 Å². The summed E-state index contributed by atoms with van der Waals surface area (Å²) in [4.78, 5) is 0.830. The van der Waals surface area contributed by atoms with Crippen LogP contribution in [0.3, 0.4) is 0 Å². The first kappa shape index (κ1) is 12.9. The molecule has 1 aromatic rings. The Bertz CT molecular complexity index is 476. The standard InChI is InChI=1S/C10H10N4O2S/c1-7-2-4-8(5-3-7)17-16-14-9(6-11)10(12)13-15/h2-5,15H,1H3,(H2,12,13)/b14-9+. The second kappa shape index (κ2) is 6.40. The fourth-order valence-corrected chi connectivity index (χ4v) is 1.31. The van der Waals surface area contributed by atoms with Crippen molar-refractivity contribution < 1.29 is 9.49 Å². The average Bonchev–Trinajstić information content (AvgIpc) is 2.36. The first-order valence-corrected chi connectivity index (χ1v) is 5.28. The van der Waals surface area contributed by atoms with Gasteiger partial charge in [-0.15, -0.1) is 0 Å². The van der Waals surface area contributed by atoms with E-state index in [2.05, 4.69) is 10.3 Å². The zero-order valence-electron chi connectivity index (χ0n) is 8.99. The van der Waals surface area contributed by atoms with Gasteiger partial charge in [0.05, 0.1) is 4.90 Å². The molecule has 0 aliphatic rings. The summed E-state index contributed by atoms with van der Waals surface area (Å²) in [6.07, 6.45) is 0. The van der Waals surface area contributed by atoms with Gasteiger partial charge in [-0.2, -0.15) is 5.26 Å². The number of nitrogens with two attached hydrogens (primary N) is 1. The second-order valence-corrected chi connectivity index (χ2v) is 3.80. The highest BCUT2D eigenvalue weighted by atomic mass is 32.2. The molecule has 6 nitrogen and oxygen atoms in total. The van der Waals surface area contributed by atoms with Crippen LogP contribution in [0, 0.1) is 18.3 Å².